The van der Waals surface area contributed by atoms with E-state index in [2.05, 4.69) is 46.3 Å². The highest BCUT2D eigenvalue weighted by Gasteiger charge is 2.27. The molecule has 1 aliphatic carbocycles. The van der Waals surface area contributed by atoms with E-state index in [0.717, 1.165) is 49.2 Å². The van der Waals surface area contributed by atoms with Crippen LogP contribution in [-0.2, 0) is 19.8 Å². The molecular weight excluding hydrogens is 318 g/mol. The molecule has 3 heterocycles. The van der Waals surface area contributed by atoms with Gasteiger partial charge in [-0.25, -0.2) is 9.55 Å². The minimum Gasteiger partial charge on any atom is -0.303 e. The number of aryl methyl sites for hydroxylation is 2. The summed E-state index contributed by atoms with van der Waals surface area (Å²) in [5.74, 6) is 1.20. The minimum atomic E-state index is -1.28. The van der Waals surface area contributed by atoms with Crippen molar-refractivity contribution in [2.24, 2.45) is 13.0 Å². The second-order valence-electron chi connectivity index (χ2n) is 7.68. The lowest BCUT2D eigenvalue weighted by Crippen LogP contribution is -2.31. The molecule has 3 aromatic rings. The highest BCUT2D eigenvalue weighted by molar-refractivity contribution is 5.73. The van der Waals surface area contributed by atoms with Crippen LogP contribution >= 0.6 is 0 Å². The lowest BCUT2D eigenvalue weighted by Gasteiger charge is -2.13. The molecule has 132 valence electrons. The minimum absolute atomic E-state index is 0.126. The maximum Gasteiger partial charge on any atom is 0.213 e. The summed E-state index contributed by atoms with van der Waals surface area (Å²) < 4.78 is 21.9. The van der Waals surface area contributed by atoms with Gasteiger partial charge in [0.25, 0.3) is 0 Å². The SMILES string of the molecule is [2H]C([2H])(c1cc[n+](C)c(-c2c(C)ccc3c2Cc2nccn2-3)c1)C1CCCC1. The molecule has 5 rings (SSSR count). The summed E-state index contributed by atoms with van der Waals surface area (Å²) in [5.41, 5.74) is 6.81. The first kappa shape index (κ1) is 13.7. The van der Waals surface area contributed by atoms with Crippen molar-refractivity contribution in [3.05, 3.63) is 65.4 Å². The summed E-state index contributed by atoms with van der Waals surface area (Å²) in [4.78, 5) is 4.50. The van der Waals surface area contributed by atoms with E-state index in [1.54, 1.807) is 0 Å². The summed E-state index contributed by atoms with van der Waals surface area (Å²) >= 11 is 0. The molecule has 26 heavy (non-hydrogen) atoms. The van der Waals surface area contributed by atoms with E-state index in [0.29, 0.717) is 0 Å². The lowest BCUT2D eigenvalue weighted by atomic mass is 9.93. The Morgan fingerprint density at radius 2 is 2.12 bits per heavy atom. The number of fused-ring (bicyclic) bond motifs is 3. The number of pyridine rings is 1. The molecule has 0 bridgehead atoms. The van der Waals surface area contributed by atoms with Crippen LogP contribution in [0.1, 0.15) is 50.9 Å². The first-order valence-corrected chi connectivity index (χ1v) is 9.62. The van der Waals surface area contributed by atoms with Gasteiger partial charge in [-0.15, -0.1) is 0 Å². The summed E-state index contributed by atoms with van der Waals surface area (Å²) in [6, 6.07) is 8.39. The average Bonchev–Trinajstić information content (AvgIpc) is 3.40. The van der Waals surface area contributed by atoms with E-state index >= 15 is 0 Å². The zero-order valence-corrected chi connectivity index (χ0v) is 15.5. The van der Waals surface area contributed by atoms with Gasteiger partial charge in [-0.1, -0.05) is 31.7 Å². The monoisotopic (exact) mass is 346 g/mol. The normalized spacial score (nSPS) is 17.8. The molecule has 2 aromatic heterocycles. The fourth-order valence-electron chi connectivity index (χ4n) is 4.57. The number of rotatable bonds is 3. The van der Waals surface area contributed by atoms with Gasteiger partial charge in [0.15, 0.2) is 6.20 Å². The smallest absolute Gasteiger partial charge is 0.213 e. The molecule has 0 amide bonds. The average molecular weight is 346 g/mol. The van der Waals surface area contributed by atoms with Gasteiger partial charge in [0.05, 0.1) is 11.3 Å². The van der Waals surface area contributed by atoms with Crippen molar-refractivity contribution in [1.82, 2.24) is 9.55 Å². The Morgan fingerprint density at radius 3 is 2.96 bits per heavy atom. The zero-order chi connectivity index (χ0) is 19.5. The van der Waals surface area contributed by atoms with E-state index in [9.17, 15) is 0 Å². The quantitative estimate of drug-likeness (QED) is 0.507. The van der Waals surface area contributed by atoms with Crippen molar-refractivity contribution in [3.63, 3.8) is 0 Å². The number of aromatic nitrogens is 3. The Labute approximate surface area is 158 Å². The molecule has 0 spiro atoms. The van der Waals surface area contributed by atoms with Crippen LogP contribution in [0.5, 0.6) is 0 Å². The van der Waals surface area contributed by atoms with Crippen molar-refractivity contribution in [2.45, 2.75) is 45.4 Å². The lowest BCUT2D eigenvalue weighted by molar-refractivity contribution is -0.660. The van der Waals surface area contributed by atoms with Gasteiger partial charge in [0.2, 0.25) is 5.69 Å². The fourth-order valence-corrected chi connectivity index (χ4v) is 4.57. The van der Waals surface area contributed by atoms with E-state index in [-0.39, 0.29) is 5.92 Å². The van der Waals surface area contributed by atoms with Crippen LogP contribution in [0.2, 0.25) is 0 Å². The summed E-state index contributed by atoms with van der Waals surface area (Å²) in [6.45, 7) is 2.15. The number of benzene rings is 1. The van der Waals surface area contributed by atoms with Gasteiger partial charge < -0.3 is 4.57 Å². The fraction of sp³-hybridized carbons (Fsp3) is 0.391. The van der Waals surface area contributed by atoms with Gasteiger partial charge >= 0.3 is 0 Å². The standard InChI is InChI=1S/C23H26N3/c1-16-7-8-20-19(15-22-24-10-12-26(20)22)23(16)21-14-18(9-11-25(21)2)13-17-5-3-4-6-17/h7-12,14,17H,3-6,13,15H2,1-2H3/q+1/i13D2. The Bertz CT molecular complexity index is 1060. The van der Waals surface area contributed by atoms with Crippen molar-refractivity contribution in [2.75, 3.05) is 0 Å². The van der Waals surface area contributed by atoms with Crippen LogP contribution < -0.4 is 4.57 Å². The van der Waals surface area contributed by atoms with Crippen molar-refractivity contribution < 1.29 is 7.31 Å². The summed E-state index contributed by atoms with van der Waals surface area (Å²) in [6.07, 6.45) is 9.71. The predicted molar refractivity (Wildman–Crippen MR) is 103 cm³/mol. The van der Waals surface area contributed by atoms with Crippen LogP contribution in [0.3, 0.4) is 0 Å². The highest BCUT2D eigenvalue weighted by atomic mass is 15.1. The second-order valence-corrected chi connectivity index (χ2v) is 7.68. The molecule has 2 aliphatic rings. The molecule has 0 atom stereocenters. The third kappa shape index (κ3) is 2.49. The van der Waals surface area contributed by atoms with Gasteiger partial charge in [0.1, 0.15) is 12.9 Å². The topological polar surface area (TPSA) is 21.7 Å². The van der Waals surface area contributed by atoms with Crippen LogP contribution in [-0.4, -0.2) is 9.55 Å². The molecule has 0 N–H and O–H groups in total. The van der Waals surface area contributed by atoms with Crippen molar-refractivity contribution >= 4 is 0 Å². The largest absolute Gasteiger partial charge is 0.303 e. The van der Waals surface area contributed by atoms with E-state index in [1.165, 1.54) is 22.4 Å². The Hall–Kier alpha value is -2.42. The van der Waals surface area contributed by atoms with E-state index in [1.807, 2.05) is 24.7 Å². The van der Waals surface area contributed by atoms with E-state index in [4.69, 9.17) is 2.74 Å². The number of imidazole rings is 1. The Kier molecular flexibility index (Phi) is 3.21. The molecule has 1 fully saturated rings. The second kappa shape index (κ2) is 6.08. The van der Waals surface area contributed by atoms with Crippen molar-refractivity contribution in [1.29, 1.82) is 0 Å². The first-order chi connectivity index (χ1) is 13.5. The van der Waals surface area contributed by atoms with Crippen LogP contribution in [0.15, 0.2) is 42.9 Å². The molecular formula is C23H26N3+. The first-order valence-electron chi connectivity index (χ1n) is 10.6. The number of hydrogen-bond donors (Lipinski definition) is 0. The van der Waals surface area contributed by atoms with E-state index < -0.39 is 6.37 Å². The van der Waals surface area contributed by atoms with Crippen LogP contribution in [0.25, 0.3) is 16.9 Å². The third-order valence-electron chi connectivity index (χ3n) is 5.94. The van der Waals surface area contributed by atoms with Gasteiger partial charge in [-0.3, -0.25) is 0 Å². The molecule has 0 radical (unpaired) electrons. The van der Waals surface area contributed by atoms with Gasteiger partial charge in [0, 0.05) is 33.7 Å². The molecule has 1 aromatic carbocycles. The molecule has 0 unspecified atom stereocenters. The molecule has 3 nitrogen and oxygen atoms in total. The highest BCUT2D eigenvalue weighted by Crippen LogP contribution is 2.37. The van der Waals surface area contributed by atoms with Gasteiger partial charge in [-0.05, 0) is 42.0 Å². The number of hydrogen-bond acceptors (Lipinski definition) is 1. The number of nitrogens with zero attached hydrogens (tertiary/aromatic N) is 3. The predicted octanol–water partition coefficient (Wildman–Crippen LogP) is 4.31. The summed E-state index contributed by atoms with van der Waals surface area (Å²) in [5, 5.41) is 0. The summed E-state index contributed by atoms with van der Waals surface area (Å²) in [7, 11) is 2.05. The Morgan fingerprint density at radius 1 is 1.27 bits per heavy atom. The van der Waals surface area contributed by atoms with Gasteiger partial charge in [-0.2, -0.15) is 0 Å². The molecule has 3 heteroatoms. The third-order valence-corrected chi connectivity index (χ3v) is 5.94. The van der Waals surface area contributed by atoms with Crippen LogP contribution in [0, 0.1) is 12.8 Å². The maximum atomic E-state index is 8.82. The molecule has 0 saturated heterocycles. The zero-order valence-electron chi connectivity index (χ0n) is 17.5. The van der Waals surface area contributed by atoms with Crippen LogP contribution in [0.4, 0.5) is 0 Å². The Balaban J connectivity index is 1.65. The van der Waals surface area contributed by atoms with Crippen molar-refractivity contribution in [3.8, 4) is 16.9 Å². The maximum absolute atomic E-state index is 8.82. The molecule has 1 saturated carbocycles. The molecule has 1 aliphatic heterocycles.